The van der Waals surface area contributed by atoms with Gasteiger partial charge in [0.15, 0.2) is 0 Å². The van der Waals surface area contributed by atoms with Crippen LogP contribution in [0.4, 0.5) is 0 Å². The van der Waals surface area contributed by atoms with Gasteiger partial charge in [-0.1, -0.05) is 13.8 Å². The lowest BCUT2D eigenvalue weighted by Gasteiger charge is -2.15. The van der Waals surface area contributed by atoms with Crippen molar-refractivity contribution in [2.45, 2.75) is 39.3 Å². The summed E-state index contributed by atoms with van der Waals surface area (Å²) in [5.74, 6) is 0. The molecule has 1 atom stereocenters. The summed E-state index contributed by atoms with van der Waals surface area (Å²) < 4.78 is 4.27. The molecule has 110 valence electrons. The van der Waals surface area contributed by atoms with Crippen molar-refractivity contribution in [1.29, 1.82) is 0 Å². The normalized spacial score (nSPS) is 12.8. The highest BCUT2D eigenvalue weighted by molar-refractivity contribution is 9.13. The lowest BCUT2D eigenvalue weighted by Crippen LogP contribution is -2.22. The zero-order chi connectivity index (χ0) is 14.5. The lowest BCUT2D eigenvalue weighted by molar-refractivity contribution is 0.592. The zero-order valence-corrected chi connectivity index (χ0v) is 15.7. The number of nitrogens with one attached hydrogen (secondary N) is 1. The van der Waals surface area contributed by atoms with Gasteiger partial charge in [0, 0.05) is 27.7 Å². The van der Waals surface area contributed by atoms with Gasteiger partial charge in [-0.25, -0.2) is 0 Å². The van der Waals surface area contributed by atoms with E-state index < -0.39 is 0 Å². The number of aryl methyl sites for hydroxylation is 1. The third-order valence-electron chi connectivity index (χ3n) is 2.99. The number of rotatable bonds is 7. The summed E-state index contributed by atoms with van der Waals surface area (Å²) in [5.41, 5.74) is 1.23. The zero-order valence-electron chi connectivity index (χ0n) is 11.7. The highest BCUT2D eigenvalue weighted by atomic mass is 79.9. The molecule has 0 fully saturated rings. The molecule has 2 rings (SSSR count). The predicted molar refractivity (Wildman–Crippen MR) is 92.4 cm³/mol. The molecule has 2 aromatic rings. The summed E-state index contributed by atoms with van der Waals surface area (Å²) >= 11 is 8.91. The molecule has 1 unspecified atom stereocenters. The van der Waals surface area contributed by atoms with Crippen LogP contribution in [0.2, 0.25) is 0 Å². The summed E-state index contributed by atoms with van der Waals surface area (Å²) in [6, 6.07) is 2.40. The van der Waals surface area contributed by atoms with E-state index in [-0.39, 0.29) is 6.04 Å². The molecule has 0 saturated heterocycles. The van der Waals surface area contributed by atoms with Gasteiger partial charge in [0.05, 0.1) is 16.0 Å². The Kier molecular flexibility index (Phi) is 6.26. The third-order valence-corrected chi connectivity index (χ3v) is 6.31. The molecule has 0 amide bonds. The van der Waals surface area contributed by atoms with E-state index in [2.05, 4.69) is 68.4 Å². The van der Waals surface area contributed by atoms with Crippen molar-refractivity contribution < 1.29 is 0 Å². The van der Waals surface area contributed by atoms with Gasteiger partial charge in [0.2, 0.25) is 0 Å². The monoisotopic (exact) mass is 419 g/mol. The Hall–Kier alpha value is -0.170. The Morgan fingerprint density at radius 3 is 2.75 bits per heavy atom. The first-order chi connectivity index (χ1) is 9.65. The number of hydrogen-bond acceptors (Lipinski definition) is 3. The van der Waals surface area contributed by atoms with Gasteiger partial charge < -0.3 is 5.32 Å². The van der Waals surface area contributed by atoms with Gasteiger partial charge in [-0.15, -0.1) is 11.3 Å². The highest BCUT2D eigenvalue weighted by Crippen LogP contribution is 2.37. The van der Waals surface area contributed by atoms with Crippen LogP contribution in [0.3, 0.4) is 0 Å². The maximum absolute atomic E-state index is 4.45. The summed E-state index contributed by atoms with van der Waals surface area (Å²) in [4.78, 5) is 1.30. The van der Waals surface area contributed by atoms with E-state index in [0.717, 1.165) is 34.2 Å². The van der Waals surface area contributed by atoms with Crippen LogP contribution in [0.5, 0.6) is 0 Å². The number of halogens is 2. The number of aromatic nitrogens is 2. The fourth-order valence-corrected chi connectivity index (χ4v) is 4.25. The van der Waals surface area contributed by atoms with E-state index in [0.29, 0.717) is 0 Å². The van der Waals surface area contributed by atoms with Gasteiger partial charge in [0.25, 0.3) is 0 Å². The van der Waals surface area contributed by atoms with Crippen molar-refractivity contribution >= 4 is 43.2 Å². The Morgan fingerprint density at radius 2 is 2.15 bits per heavy atom. The number of hydrogen-bond donors (Lipinski definition) is 1. The fraction of sp³-hybridized carbons (Fsp3) is 0.500. The molecule has 0 aliphatic heterocycles. The Labute approximate surface area is 141 Å². The third kappa shape index (κ3) is 3.93. The van der Waals surface area contributed by atoms with Crippen LogP contribution >= 0.6 is 43.2 Å². The topological polar surface area (TPSA) is 29.9 Å². The molecule has 0 aromatic carbocycles. The largest absolute Gasteiger partial charge is 0.306 e. The molecule has 20 heavy (non-hydrogen) atoms. The second-order valence-corrected chi connectivity index (χ2v) is 7.95. The summed E-state index contributed by atoms with van der Waals surface area (Å²) in [7, 11) is 0. The molecule has 0 spiro atoms. The van der Waals surface area contributed by atoms with Crippen LogP contribution in [-0.4, -0.2) is 16.3 Å². The summed E-state index contributed by atoms with van der Waals surface area (Å²) in [5, 5.41) is 8.06. The quantitative estimate of drug-likeness (QED) is 0.685. The highest BCUT2D eigenvalue weighted by Gasteiger charge is 2.18. The van der Waals surface area contributed by atoms with Crippen LogP contribution < -0.4 is 5.32 Å². The Balaban J connectivity index is 2.25. The maximum atomic E-state index is 4.45. The average Bonchev–Trinajstić information content (AvgIpc) is 2.99. The fourth-order valence-electron chi connectivity index (χ4n) is 2.06. The first-order valence-electron chi connectivity index (χ1n) is 6.86. The van der Waals surface area contributed by atoms with Crippen LogP contribution in [-0.2, 0) is 6.54 Å². The van der Waals surface area contributed by atoms with Crippen molar-refractivity contribution in [3.05, 3.63) is 37.2 Å². The minimum absolute atomic E-state index is 0.216. The van der Waals surface area contributed by atoms with Crippen LogP contribution in [0.1, 0.15) is 43.2 Å². The average molecular weight is 421 g/mol. The van der Waals surface area contributed by atoms with E-state index in [4.69, 9.17) is 0 Å². The van der Waals surface area contributed by atoms with Gasteiger partial charge >= 0.3 is 0 Å². The van der Waals surface area contributed by atoms with Crippen molar-refractivity contribution in [3.63, 3.8) is 0 Å². The summed E-state index contributed by atoms with van der Waals surface area (Å²) in [6.45, 7) is 6.32. The predicted octanol–water partition coefficient (Wildman–Crippen LogP) is 4.97. The van der Waals surface area contributed by atoms with Gasteiger partial charge in [0.1, 0.15) is 0 Å². The lowest BCUT2D eigenvalue weighted by atomic mass is 10.1. The van der Waals surface area contributed by atoms with E-state index in [9.17, 15) is 0 Å². The molecule has 1 N–H and O–H groups in total. The van der Waals surface area contributed by atoms with E-state index in [1.807, 2.05) is 10.9 Å². The molecule has 6 heteroatoms. The second kappa shape index (κ2) is 7.73. The molecular formula is C14H19Br2N3S. The van der Waals surface area contributed by atoms with Gasteiger partial charge in [-0.2, -0.15) is 5.10 Å². The van der Waals surface area contributed by atoms with Gasteiger partial charge in [-0.05, 0) is 57.3 Å². The van der Waals surface area contributed by atoms with E-state index >= 15 is 0 Å². The van der Waals surface area contributed by atoms with Crippen molar-refractivity contribution in [3.8, 4) is 0 Å². The van der Waals surface area contributed by atoms with Crippen molar-refractivity contribution in [2.24, 2.45) is 0 Å². The SMILES string of the molecule is CCCNC(c1cnn(CCC)c1)c1cc(Br)c(Br)s1. The molecular weight excluding hydrogens is 402 g/mol. The first-order valence-corrected chi connectivity index (χ1v) is 9.26. The minimum atomic E-state index is 0.216. The standard InChI is InChI=1S/C14H19Br2N3S/c1-3-5-17-13(12-7-11(15)14(16)20-12)10-8-18-19(9-10)6-4-2/h7-9,13,17H,3-6H2,1-2H3. The molecule has 2 aromatic heterocycles. The second-order valence-electron chi connectivity index (χ2n) is 4.69. The number of thiophene rings is 1. The molecule has 0 bridgehead atoms. The van der Waals surface area contributed by atoms with Crippen molar-refractivity contribution in [2.75, 3.05) is 6.54 Å². The number of nitrogens with zero attached hydrogens (tertiary/aromatic N) is 2. The summed E-state index contributed by atoms with van der Waals surface area (Å²) in [6.07, 6.45) is 6.35. The maximum Gasteiger partial charge on any atom is 0.0843 e. The van der Waals surface area contributed by atoms with Crippen LogP contribution in [0.15, 0.2) is 26.7 Å². The minimum Gasteiger partial charge on any atom is -0.306 e. The molecule has 0 aliphatic carbocycles. The molecule has 3 nitrogen and oxygen atoms in total. The Morgan fingerprint density at radius 1 is 1.35 bits per heavy atom. The molecule has 0 aliphatic rings. The van der Waals surface area contributed by atoms with Gasteiger partial charge in [-0.3, -0.25) is 4.68 Å². The molecule has 0 saturated carbocycles. The smallest absolute Gasteiger partial charge is 0.0843 e. The first kappa shape index (κ1) is 16.2. The van der Waals surface area contributed by atoms with E-state index in [1.165, 1.54) is 10.4 Å². The van der Waals surface area contributed by atoms with Crippen LogP contribution in [0, 0.1) is 0 Å². The Bertz CT molecular complexity index is 531. The molecule has 2 heterocycles. The van der Waals surface area contributed by atoms with Crippen molar-refractivity contribution in [1.82, 2.24) is 15.1 Å². The molecule has 0 radical (unpaired) electrons. The van der Waals surface area contributed by atoms with Crippen LogP contribution in [0.25, 0.3) is 0 Å². The van der Waals surface area contributed by atoms with E-state index in [1.54, 1.807) is 11.3 Å².